The number of carboxylic acid groups (broad SMARTS) is 1. The Kier molecular flexibility index (Phi) is 9.67. The third kappa shape index (κ3) is 6.15. The second-order valence-electron chi connectivity index (χ2n) is 8.33. The molecule has 0 saturated heterocycles. The van der Waals surface area contributed by atoms with Crippen molar-refractivity contribution in [3.63, 3.8) is 0 Å². The first-order valence-corrected chi connectivity index (χ1v) is 11.8. The molecule has 0 saturated carbocycles. The Morgan fingerprint density at radius 3 is 1.43 bits per heavy atom. The second kappa shape index (κ2) is 12.9. The molecule has 0 radical (unpaired) electrons. The second-order valence-corrected chi connectivity index (χ2v) is 8.33. The van der Waals surface area contributed by atoms with Crippen molar-refractivity contribution in [3.05, 3.63) is 47.0 Å². The summed E-state index contributed by atoms with van der Waals surface area (Å²) in [7, 11) is 8.27. The minimum absolute atomic E-state index is 0.0147. The average molecular weight is 563 g/mol. The quantitative estimate of drug-likeness (QED) is 0.383. The Labute approximate surface area is 229 Å². The first-order chi connectivity index (χ1) is 19.1. The molecule has 0 bridgehead atoms. The van der Waals surface area contributed by atoms with E-state index >= 15 is 0 Å². The molecular weight excluding hydrogens is 532 g/mol. The topological polar surface area (TPSA) is 166 Å². The first-order valence-electron chi connectivity index (χ1n) is 11.8. The van der Waals surface area contributed by atoms with Crippen molar-refractivity contribution < 1.29 is 62.5 Å². The number of esters is 2. The summed E-state index contributed by atoms with van der Waals surface area (Å²) in [5.74, 6) is -1.98. The SMILES string of the molecule is COc1cc(C(=O)O[C@@H]2C=C(C(=O)O)C[C@@H](OC(=O)c3cc(OC)c(OC)c(OC)c3)[C@@H]2O)cc(OC)c1OC. The van der Waals surface area contributed by atoms with E-state index in [0.29, 0.717) is 0 Å². The highest BCUT2D eigenvalue weighted by Crippen LogP contribution is 2.40. The summed E-state index contributed by atoms with van der Waals surface area (Å²) in [4.78, 5) is 37.9. The summed E-state index contributed by atoms with van der Waals surface area (Å²) in [6, 6.07) is 5.36. The number of carbonyl (C=O) groups is 3. The maximum absolute atomic E-state index is 13.0. The number of rotatable bonds is 11. The number of ether oxygens (including phenoxy) is 8. The lowest BCUT2D eigenvalue weighted by Crippen LogP contribution is -2.45. The van der Waals surface area contributed by atoms with Gasteiger partial charge < -0.3 is 48.1 Å². The van der Waals surface area contributed by atoms with Crippen LogP contribution in [0.4, 0.5) is 0 Å². The molecule has 13 heteroatoms. The molecule has 13 nitrogen and oxygen atoms in total. The highest BCUT2D eigenvalue weighted by atomic mass is 16.6. The summed E-state index contributed by atoms with van der Waals surface area (Å²) in [5, 5.41) is 20.6. The maximum Gasteiger partial charge on any atom is 0.339 e. The molecule has 40 heavy (non-hydrogen) atoms. The van der Waals surface area contributed by atoms with E-state index in [9.17, 15) is 24.6 Å². The van der Waals surface area contributed by atoms with E-state index in [4.69, 9.17) is 37.9 Å². The Morgan fingerprint density at radius 1 is 0.675 bits per heavy atom. The van der Waals surface area contributed by atoms with Gasteiger partial charge >= 0.3 is 17.9 Å². The van der Waals surface area contributed by atoms with E-state index in [-0.39, 0.29) is 57.6 Å². The van der Waals surface area contributed by atoms with Gasteiger partial charge in [0.2, 0.25) is 11.5 Å². The van der Waals surface area contributed by atoms with Gasteiger partial charge in [-0.15, -0.1) is 0 Å². The van der Waals surface area contributed by atoms with Crippen LogP contribution < -0.4 is 28.4 Å². The lowest BCUT2D eigenvalue weighted by molar-refractivity contribution is -0.134. The van der Waals surface area contributed by atoms with Crippen LogP contribution >= 0.6 is 0 Å². The van der Waals surface area contributed by atoms with Crippen LogP contribution in [-0.4, -0.2) is 89.1 Å². The predicted molar refractivity (Wildman–Crippen MR) is 137 cm³/mol. The number of aliphatic hydroxyl groups is 1. The van der Waals surface area contributed by atoms with Crippen molar-refractivity contribution >= 4 is 17.9 Å². The molecule has 3 rings (SSSR count). The number of methoxy groups -OCH3 is 6. The van der Waals surface area contributed by atoms with Gasteiger partial charge in [0.15, 0.2) is 29.1 Å². The molecule has 216 valence electrons. The van der Waals surface area contributed by atoms with E-state index in [0.717, 1.165) is 6.08 Å². The van der Waals surface area contributed by atoms with Gasteiger partial charge in [-0.25, -0.2) is 14.4 Å². The largest absolute Gasteiger partial charge is 0.493 e. The van der Waals surface area contributed by atoms with Gasteiger partial charge in [-0.3, -0.25) is 0 Å². The number of aliphatic carboxylic acids is 1. The third-order valence-corrected chi connectivity index (χ3v) is 6.08. The molecule has 0 heterocycles. The van der Waals surface area contributed by atoms with Gasteiger partial charge in [0.1, 0.15) is 12.2 Å². The number of aliphatic hydroxyl groups excluding tert-OH is 1. The molecule has 0 fully saturated rings. The molecule has 2 aromatic carbocycles. The molecular formula is C27H30O13. The summed E-state index contributed by atoms with van der Waals surface area (Å²) < 4.78 is 42.4. The molecule has 1 aliphatic carbocycles. The molecule has 0 spiro atoms. The standard InChI is InChI=1S/C27H30O13/c1-33-18-9-14(10-19(34-2)23(18)37-5)26(31)39-16-7-13(25(29)30)8-17(22(16)28)40-27(32)15-11-20(35-3)24(38-6)21(12-15)36-4/h7,9-12,16-17,22,28H,8H2,1-6H3,(H,29,30)/t16-,17-,22-/m1/s1. The van der Waals surface area contributed by atoms with Crippen LogP contribution in [-0.2, 0) is 14.3 Å². The zero-order valence-corrected chi connectivity index (χ0v) is 22.7. The first kappa shape index (κ1) is 29.9. The number of carboxylic acids is 1. The van der Waals surface area contributed by atoms with Crippen molar-refractivity contribution in [1.82, 2.24) is 0 Å². The predicted octanol–water partition coefficient (Wildman–Crippen LogP) is 2.26. The number of benzene rings is 2. The lowest BCUT2D eigenvalue weighted by atomic mass is 9.91. The van der Waals surface area contributed by atoms with Crippen LogP contribution in [0.15, 0.2) is 35.9 Å². The Bertz CT molecular complexity index is 1250. The zero-order valence-electron chi connectivity index (χ0n) is 22.7. The average Bonchev–Trinajstić information content (AvgIpc) is 2.96. The number of carbonyl (C=O) groups excluding carboxylic acids is 2. The molecule has 0 unspecified atom stereocenters. The Morgan fingerprint density at radius 2 is 1.07 bits per heavy atom. The van der Waals surface area contributed by atoms with Gasteiger partial charge in [0.05, 0.1) is 53.8 Å². The Hall–Kier alpha value is -4.65. The van der Waals surface area contributed by atoms with E-state index in [1.807, 2.05) is 0 Å². The van der Waals surface area contributed by atoms with E-state index < -0.39 is 36.2 Å². The molecule has 0 amide bonds. The molecule has 0 aliphatic heterocycles. The van der Waals surface area contributed by atoms with Crippen LogP contribution in [0.25, 0.3) is 0 Å². The van der Waals surface area contributed by atoms with E-state index in [1.165, 1.54) is 66.9 Å². The van der Waals surface area contributed by atoms with Crippen molar-refractivity contribution in [1.29, 1.82) is 0 Å². The van der Waals surface area contributed by atoms with Crippen molar-refractivity contribution in [3.8, 4) is 34.5 Å². The van der Waals surface area contributed by atoms with Crippen LogP contribution in [0.2, 0.25) is 0 Å². The fourth-order valence-corrected chi connectivity index (χ4v) is 4.08. The summed E-state index contributed by atoms with van der Waals surface area (Å²) in [6.45, 7) is 0. The van der Waals surface area contributed by atoms with Gasteiger partial charge in [0, 0.05) is 12.0 Å². The summed E-state index contributed by atoms with van der Waals surface area (Å²) in [6.07, 6.45) is -3.69. The number of hydrogen-bond donors (Lipinski definition) is 2. The lowest BCUT2D eigenvalue weighted by Gasteiger charge is -2.32. The van der Waals surface area contributed by atoms with Gasteiger partial charge in [0.25, 0.3) is 0 Å². The monoisotopic (exact) mass is 562 g/mol. The fraction of sp³-hybridized carbons (Fsp3) is 0.370. The fourth-order valence-electron chi connectivity index (χ4n) is 4.08. The Balaban J connectivity index is 1.88. The van der Waals surface area contributed by atoms with Crippen LogP contribution in [0.1, 0.15) is 27.1 Å². The minimum atomic E-state index is -1.60. The highest BCUT2D eigenvalue weighted by Gasteiger charge is 2.39. The highest BCUT2D eigenvalue weighted by molar-refractivity contribution is 5.93. The van der Waals surface area contributed by atoms with Crippen LogP contribution in [0.5, 0.6) is 34.5 Å². The third-order valence-electron chi connectivity index (χ3n) is 6.08. The van der Waals surface area contributed by atoms with Crippen LogP contribution in [0, 0.1) is 0 Å². The minimum Gasteiger partial charge on any atom is -0.493 e. The zero-order chi connectivity index (χ0) is 29.6. The van der Waals surface area contributed by atoms with Crippen LogP contribution in [0.3, 0.4) is 0 Å². The van der Waals surface area contributed by atoms with Crippen molar-refractivity contribution in [2.75, 3.05) is 42.7 Å². The van der Waals surface area contributed by atoms with Gasteiger partial charge in [-0.05, 0) is 30.3 Å². The normalized spacial score (nSPS) is 18.1. The van der Waals surface area contributed by atoms with Crippen molar-refractivity contribution in [2.24, 2.45) is 0 Å². The van der Waals surface area contributed by atoms with E-state index in [1.54, 1.807) is 0 Å². The molecule has 3 atom stereocenters. The van der Waals surface area contributed by atoms with Gasteiger partial charge in [-0.2, -0.15) is 0 Å². The molecule has 1 aliphatic rings. The number of hydrogen-bond acceptors (Lipinski definition) is 12. The molecule has 2 aromatic rings. The smallest absolute Gasteiger partial charge is 0.339 e. The molecule has 0 aromatic heterocycles. The molecule has 2 N–H and O–H groups in total. The maximum atomic E-state index is 13.0. The van der Waals surface area contributed by atoms with Crippen molar-refractivity contribution in [2.45, 2.75) is 24.7 Å². The van der Waals surface area contributed by atoms with E-state index in [2.05, 4.69) is 0 Å². The summed E-state index contributed by atoms with van der Waals surface area (Å²) >= 11 is 0. The summed E-state index contributed by atoms with van der Waals surface area (Å²) in [5.41, 5.74) is -0.265. The van der Waals surface area contributed by atoms with Gasteiger partial charge in [-0.1, -0.05) is 0 Å².